The summed E-state index contributed by atoms with van der Waals surface area (Å²) in [6, 6.07) is 3.51. The van der Waals surface area contributed by atoms with E-state index in [9.17, 15) is 4.79 Å². The molecule has 1 radical (unpaired) electrons. The van der Waals surface area contributed by atoms with Gasteiger partial charge in [0.15, 0.2) is 11.8 Å². The SMILES string of the molecule is O=c1[c]nc2cccnc2[nH]1. The summed E-state index contributed by atoms with van der Waals surface area (Å²) in [4.78, 5) is 20.8. The molecule has 0 fully saturated rings. The molecule has 0 amide bonds. The number of pyridine rings is 1. The molecule has 0 aliphatic carbocycles. The number of nitrogens with one attached hydrogen (secondary N) is 1. The smallest absolute Gasteiger partial charge is 0.277 e. The Morgan fingerprint density at radius 3 is 3.36 bits per heavy atom. The Kier molecular flexibility index (Phi) is 1.18. The molecule has 11 heavy (non-hydrogen) atoms. The van der Waals surface area contributed by atoms with Crippen molar-refractivity contribution in [2.24, 2.45) is 0 Å². The summed E-state index contributed by atoms with van der Waals surface area (Å²) in [6.07, 6.45) is 3.87. The molecule has 53 valence electrons. The van der Waals surface area contributed by atoms with E-state index in [1.807, 2.05) is 0 Å². The molecule has 2 aromatic heterocycles. The van der Waals surface area contributed by atoms with Gasteiger partial charge in [-0.1, -0.05) is 0 Å². The van der Waals surface area contributed by atoms with Crippen LogP contribution in [0.4, 0.5) is 0 Å². The molecule has 0 aromatic carbocycles. The molecule has 2 rings (SSSR count). The average Bonchev–Trinajstić information content (AvgIpc) is 2.04. The van der Waals surface area contributed by atoms with Gasteiger partial charge < -0.3 is 4.98 Å². The summed E-state index contributed by atoms with van der Waals surface area (Å²) < 4.78 is 0. The van der Waals surface area contributed by atoms with Crippen molar-refractivity contribution < 1.29 is 0 Å². The van der Waals surface area contributed by atoms with Gasteiger partial charge in [0.1, 0.15) is 5.52 Å². The van der Waals surface area contributed by atoms with Crippen molar-refractivity contribution in [1.82, 2.24) is 15.0 Å². The van der Waals surface area contributed by atoms with Crippen LogP contribution < -0.4 is 5.56 Å². The van der Waals surface area contributed by atoms with E-state index in [0.29, 0.717) is 11.2 Å². The predicted molar refractivity (Wildman–Crippen MR) is 39.0 cm³/mol. The highest BCUT2D eigenvalue weighted by atomic mass is 16.1. The molecule has 2 heterocycles. The van der Waals surface area contributed by atoms with Crippen molar-refractivity contribution in [1.29, 1.82) is 0 Å². The second-order valence-electron chi connectivity index (χ2n) is 2.05. The van der Waals surface area contributed by atoms with Crippen LogP contribution in [0.1, 0.15) is 0 Å². The predicted octanol–water partition coefficient (Wildman–Crippen LogP) is 0.118. The van der Waals surface area contributed by atoms with Crippen LogP contribution in [0.15, 0.2) is 23.1 Å². The van der Waals surface area contributed by atoms with Crippen molar-refractivity contribution in [3.63, 3.8) is 0 Å². The molecule has 2 aromatic rings. The second-order valence-corrected chi connectivity index (χ2v) is 2.05. The average molecular weight is 146 g/mol. The molecule has 4 nitrogen and oxygen atoms in total. The standard InChI is InChI=1S/C7H4N3O/c11-6-4-9-5-2-1-3-8-7(5)10-6/h1-3H,(H,8,10,11). The molecular weight excluding hydrogens is 142 g/mol. The molecule has 4 heteroatoms. The van der Waals surface area contributed by atoms with Gasteiger partial charge in [-0.2, -0.15) is 0 Å². The van der Waals surface area contributed by atoms with Crippen molar-refractivity contribution in [2.45, 2.75) is 0 Å². The minimum atomic E-state index is -0.351. The first kappa shape index (κ1) is 6.03. The number of fused-ring (bicyclic) bond motifs is 1. The van der Waals surface area contributed by atoms with Crippen molar-refractivity contribution in [3.05, 3.63) is 34.9 Å². The third-order valence-corrected chi connectivity index (χ3v) is 1.30. The molecule has 0 saturated carbocycles. The largest absolute Gasteiger partial charge is 0.303 e. The molecule has 1 N–H and O–H groups in total. The number of hydrogen-bond donors (Lipinski definition) is 1. The maximum absolute atomic E-state index is 10.7. The minimum Gasteiger partial charge on any atom is -0.303 e. The van der Waals surface area contributed by atoms with E-state index in [0.717, 1.165) is 0 Å². The van der Waals surface area contributed by atoms with Crippen LogP contribution in [-0.2, 0) is 0 Å². The van der Waals surface area contributed by atoms with Gasteiger partial charge in [-0.15, -0.1) is 0 Å². The lowest BCUT2D eigenvalue weighted by Crippen LogP contribution is -2.06. The van der Waals surface area contributed by atoms with Crippen LogP contribution in [-0.4, -0.2) is 15.0 Å². The third-order valence-electron chi connectivity index (χ3n) is 1.30. The zero-order valence-electron chi connectivity index (χ0n) is 5.53. The second kappa shape index (κ2) is 2.16. The molecule has 0 atom stereocenters. The molecule has 0 saturated heterocycles. The maximum Gasteiger partial charge on any atom is 0.277 e. The topological polar surface area (TPSA) is 58.6 Å². The number of H-pyrrole nitrogens is 1. The zero-order valence-corrected chi connectivity index (χ0v) is 5.53. The van der Waals surface area contributed by atoms with Crippen LogP contribution in [0.2, 0.25) is 0 Å². The minimum absolute atomic E-state index is 0.351. The van der Waals surface area contributed by atoms with Crippen molar-refractivity contribution >= 4 is 11.2 Å². The van der Waals surface area contributed by atoms with Gasteiger partial charge in [0.25, 0.3) is 5.56 Å². The highest BCUT2D eigenvalue weighted by molar-refractivity contribution is 5.67. The number of aromatic amines is 1. The van der Waals surface area contributed by atoms with Gasteiger partial charge in [0.05, 0.1) is 0 Å². The number of nitrogens with zero attached hydrogens (tertiary/aromatic N) is 2. The highest BCUT2D eigenvalue weighted by Gasteiger charge is 1.93. The monoisotopic (exact) mass is 146 g/mol. The van der Waals surface area contributed by atoms with E-state index in [1.54, 1.807) is 18.3 Å². The van der Waals surface area contributed by atoms with Gasteiger partial charge in [0, 0.05) is 6.20 Å². The molecule has 0 aliphatic rings. The van der Waals surface area contributed by atoms with Crippen LogP contribution in [0.5, 0.6) is 0 Å². The van der Waals surface area contributed by atoms with Crippen LogP contribution in [0, 0.1) is 6.20 Å². The Labute approximate surface area is 61.9 Å². The van der Waals surface area contributed by atoms with E-state index in [1.165, 1.54) is 0 Å². The Bertz CT molecular complexity index is 435. The molecule has 0 bridgehead atoms. The van der Waals surface area contributed by atoms with E-state index in [-0.39, 0.29) is 5.56 Å². The van der Waals surface area contributed by atoms with E-state index < -0.39 is 0 Å². The molecule has 0 spiro atoms. The summed E-state index contributed by atoms with van der Waals surface area (Å²) in [6.45, 7) is 0. The highest BCUT2D eigenvalue weighted by Crippen LogP contribution is 1.98. The third kappa shape index (κ3) is 0.980. The van der Waals surface area contributed by atoms with E-state index in [4.69, 9.17) is 0 Å². The fourth-order valence-corrected chi connectivity index (χ4v) is 0.830. The number of hydrogen-bond acceptors (Lipinski definition) is 3. The maximum atomic E-state index is 10.7. The van der Waals surface area contributed by atoms with Crippen LogP contribution >= 0.6 is 0 Å². The quantitative estimate of drug-likeness (QED) is 0.574. The number of aromatic nitrogens is 3. The summed E-state index contributed by atoms with van der Waals surface area (Å²) in [5.41, 5.74) is 0.791. The Balaban J connectivity index is 2.94. The van der Waals surface area contributed by atoms with Crippen LogP contribution in [0.3, 0.4) is 0 Å². The van der Waals surface area contributed by atoms with Crippen molar-refractivity contribution in [2.75, 3.05) is 0 Å². The van der Waals surface area contributed by atoms with Crippen molar-refractivity contribution in [3.8, 4) is 0 Å². The lowest BCUT2D eigenvalue weighted by Gasteiger charge is -1.90. The summed E-state index contributed by atoms with van der Waals surface area (Å²) in [5.74, 6) is 0. The Hall–Kier alpha value is -1.71. The van der Waals surface area contributed by atoms with Gasteiger partial charge in [0.2, 0.25) is 0 Å². The van der Waals surface area contributed by atoms with E-state index >= 15 is 0 Å². The van der Waals surface area contributed by atoms with Crippen LogP contribution in [0.25, 0.3) is 11.2 Å². The Morgan fingerprint density at radius 2 is 2.45 bits per heavy atom. The normalized spacial score (nSPS) is 10.2. The van der Waals surface area contributed by atoms with E-state index in [2.05, 4.69) is 21.1 Å². The summed E-state index contributed by atoms with van der Waals surface area (Å²) in [7, 11) is 0. The van der Waals surface area contributed by atoms with Gasteiger partial charge in [-0.25, -0.2) is 9.97 Å². The summed E-state index contributed by atoms with van der Waals surface area (Å²) in [5, 5.41) is 0. The number of rotatable bonds is 0. The Morgan fingerprint density at radius 1 is 1.55 bits per heavy atom. The molecule has 0 aliphatic heterocycles. The summed E-state index contributed by atoms with van der Waals surface area (Å²) >= 11 is 0. The zero-order chi connectivity index (χ0) is 7.68. The lowest BCUT2D eigenvalue weighted by atomic mass is 10.4. The van der Waals surface area contributed by atoms with Gasteiger partial charge in [-0.05, 0) is 12.1 Å². The fourth-order valence-electron chi connectivity index (χ4n) is 0.830. The molecular formula is C7H4N3O. The lowest BCUT2D eigenvalue weighted by molar-refractivity contribution is 1.16. The first-order chi connectivity index (χ1) is 5.36. The first-order valence-corrected chi connectivity index (χ1v) is 3.09. The van der Waals surface area contributed by atoms with Gasteiger partial charge >= 0.3 is 0 Å². The first-order valence-electron chi connectivity index (χ1n) is 3.09. The molecule has 0 unspecified atom stereocenters. The fraction of sp³-hybridized carbons (Fsp3) is 0. The van der Waals surface area contributed by atoms with Gasteiger partial charge in [-0.3, -0.25) is 4.79 Å².